The molecule has 0 bridgehead atoms. The van der Waals surface area contributed by atoms with Crippen molar-refractivity contribution in [1.29, 1.82) is 0 Å². The third-order valence-corrected chi connectivity index (χ3v) is 5.45. The summed E-state index contributed by atoms with van der Waals surface area (Å²) in [5.41, 5.74) is 1.15. The average Bonchev–Trinajstić information content (AvgIpc) is 3.36. The maximum Gasteiger partial charge on any atom is 0.256 e. The number of carbonyl (C=O) groups is 1. The highest BCUT2D eigenvalue weighted by molar-refractivity contribution is 5.99. The van der Waals surface area contributed by atoms with Crippen molar-refractivity contribution < 1.29 is 13.6 Å². The first-order valence-electron chi connectivity index (χ1n) is 9.84. The van der Waals surface area contributed by atoms with Gasteiger partial charge in [0.1, 0.15) is 23.0 Å². The molecule has 1 saturated heterocycles. The van der Waals surface area contributed by atoms with Crippen molar-refractivity contribution in [2.75, 3.05) is 11.4 Å². The first kappa shape index (κ1) is 19.3. The van der Waals surface area contributed by atoms with E-state index in [9.17, 15) is 13.6 Å². The van der Waals surface area contributed by atoms with E-state index in [0.717, 1.165) is 25.0 Å². The van der Waals surface area contributed by atoms with Gasteiger partial charge < -0.3 is 10.2 Å². The summed E-state index contributed by atoms with van der Waals surface area (Å²) in [6.07, 6.45) is 5.59. The van der Waals surface area contributed by atoms with Crippen LogP contribution >= 0.6 is 0 Å². The Morgan fingerprint density at radius 1 is 1.34 bits per heavy atom. The number of benzene rings is 1. The van der Waals surface area contributed by atoms with Crippen LogP contribution in [0, 0.1) is 11.6 Å². The molecule has 1 N–H and O–H groups in total. The van der Waals surface area contributed by atoms with Gasteiger partial charge in [-0.2, -0.15) is 5.10 Å². The highest BCUT2D eigenvalue weighted by Crippen LogP contribution is 2.36. The summed E-state index contributed by atoms with van der Waals surface area (Å²) >= 11 is 0. The van der Waals surface area contributed by atoms with E-state index in [-0.39, 0.29) is 18.0 Å². The number of fused-ring (bicyclic) bond motifs is 1. The number of carbonyl (C=O) groups excluding carboxylic acids is 1. The molecule has 2 aromatic heterocycles. The molecule has 0 radical (unpaired) electrons. The SMILES string of the molecule is CC[C@H](C)NC(=O)c1cnn2ccc(N3CCC[C@@H]3c3cc(F)ccc3F)nc12. The summed E-state index contributed by atoms with van der Waals surface area (Å²) in [7, 11) is 0. The quantitative estimate of drug-likeness (QED) is 0.707. The number of aromatic nitrogens is 3. The molecule has 29 heavy (non-hydrogen) atoms. The van der Waals surface area contributed by atoms with E-state index in [1.54, 1.807) is 16.8 Å². The Hall–Kier alpha value is -3.03. The lowest BCUT2D eigenvalue weighted by Gasteiger charge is -2.26. The van der Waals surface area contributed by atoms with Crippen molar-refractivity contribution >= 4 is 17.4 Å². The summed E-state index contributed by atoms with van der Waals surface area (Å²) in [6.45, 7) is 4.60. The van der Waals surface area contributed by atoms with Gasteiger partial charge in [-0.1, -0.05) is 6.92 Å². The molecule has 152 valence electrons. The smallest absolute Gasteiger partial charge is 0.256 e. The third-order valence-electron chi connectivity index (χ3n) is 5.45. The summed E-state index contributed by atoms with van der Waals surface area (Å²) in [4.78, 5) is 19.2. The molecule has 2 atom stereocenters. The predicted molar refractivity (Wildman–Crippen MR) is 106 cm³/mol. The van der Waals surface area contributed by atoms with Gasteiger partial charge in [-0.25, -0.2) is 18.3 Å². The number of rotatable bonds is 5. The first-order valence-corrected chi connectivity index (χ1v) is 9.84. The van der Waals surface area contributed by atoms with E-state index in [1.165, 1.54) is 12.3 Å². The van der Waals surface area contributed by atoms with Gasteiger partial charge in [0, 0.05) is 24.3 Å². The fourth-order valence-electron chi connectivity index (χ4n) is 3.72. The normalized spacial score (nSPS) is 17.7. The highest BCUT2D eigenvalue weighted by atomic mass is 19.1. The van der Waals surface area contributed by atoms with Crippen molar-refractivity contribution in [2.24, 2.45) is 0 Å². The zero-order valence-corrected chi connectivity index (χ0v) is 16.4. The summed E-state index contributed by atoms with van der Waals surface area (Å²) < 4.78 is 29.6. The molecule has 1 aromatic carbocycles. The minimum absolute atomic E-state index is 0.0412. The van der Waals surface area contributed by atoms with Gasteiger partial charge in [0.2, 0.25) is 0 Å². The highest BCUT2D eigenvalue weighted by Gasteiger charge is 2.30. The predicted octanol–water partition coefficient (Wildman–Crippen LogP) is 3.88. The van der Waals surface area contributed by atoms with Crippen LogP contribution in [0.15, 0.2) is 36.7 Å². The molecule has 3 heterocycles. The van der Waals surface area contributed by atoms with Gasteiger partial charge in [0.15, 0.2) is 5.65 Å². The molecule has 4 rings (SSSR count). The molecule has 8 heteroatoms. The standard InChI is InChI=1S/C21H23F2N5O/c1-3-13(2)25-21(29)16-12-24-28-10-8-19(26-20(16)28)27-9-4-5-18(27)15-11-14(22)6-7-17(15)23/h6-8,10-13,18H,3-5,9H2,1-2H3,(H,25,29)/t13-,18+/m0/s1. The van der Waals surface area contributed by atoms with Crippen LogP contribution < -0.4 is 10.2 Å². The molecule has 1 fully saturated rings. The Morgan fingerprint density at radius 2 is 2.17 bits per heavy atom. The van der Waals surface area contributed by atoms with Crippen molar-refractivity contribution in [2.45, 2.75) is 45.2 Å². The Bertz CT molecular complexity index is 1050. The molecule has 0 saturated carbocycles. The van der Waals surface area contributed by atoms with Gasteiger partial charge in [-0.3, -0.25) is 4.79 Å². The zero-order valence-electron chi connectivity index (χ0n) is 16.4. The van der Waals surface area contributed by atoms with Gasteiger partial charge in [-0.15, -0.1) is 0 Å². The molecule has 6 nitrogen and oxygen atoms in total. The number of nitrogens with one attached hydrogen (secondary N) is 1. The Balaban J connectivity index is 1.69. The summed E-state index contributed by atoms with van der Waals surface area (Å²) in [5.74, 6) is -0.506. The molecule has 1 aliphatic heterocycles. The first-order chi connectivity index (χ1) is 14.0. The van der Waals surface area contributed by atoms with Crippen LogP contribution in [-0.4, -0.2) is 33.1 Å². The molecule has 1 aliphatic rings. The fraction of sp³-hybridized carbons (Fsp3) is 0.381. The topological polar surface area (TPSA) is 62.5 Å². The third kappa shape index (κ3) is 3.66. The number of anilines is 1. The van der Waals surface area contributed by atoms with Crippen LogP contribution in [0.2, 0.25) is 0 Å². The number of hydrogen-bond acceptors (Lipinski definition) is 4. The Labute approximate surface area is 167 Å². The van der Waals surface area contributed by atoms with Crippen molar-refractivity contribution in [3.63, 3.8) is 0 Å². The molecule has 0 spiro atoms. The monoisotopic (exact) mass is 399 g/mol. The van der Waals surface area contributed by atoms with E-state index >= 15 is 0 Å². The summed E-state index contributed by atoms with van der Waals surface area (Å²) in [6, 6.07) is 5.05. The van der Waals surface area contributed by atoms with Crippen LogP contribution in [-0.2, 0) is 0 Å². The maximum atomic E-state index is 14.4. The fourth-order valence-corrected chi connectivity index (χ4v) is 3.72. The van der Waals surface area contributed by atoms with Crippen LogP contribution in [0.3, 0.4) is 0 Å². The van der Waals surface area contributed by atoms with E-state index in [4.69, 9.17) is 0 Å². The number of hydrogen-bond donors (Lipinski definition) is 1. The average molecular weight is 399 g/mol. The second kappa shape index (κ2) is 7.77. The van der Waals surface area contributed by atoms with Crippen LogP contribution in [0.1, 0.15) is 55.1 Å². The maximum absolute atomic E-state index is 14.4. The van der Waals surface area contributed by atoms with E-state index in [1.807, 2.05) is 18.7 Å². The molecule has 1 amide bonds. The van der Waals surface area contributed by atoms with Gasteiger partial charge >= 0.3 is 0 Å². The molecular formula is C21H23F2N5O. The number of amides is 1. The minimum atomic E-state index is -0.462. The van der Waals surface area contributed by atoms with Gasteiger partial charge in [0.05, 0.1) is 12.2 Å². The Morgan fingerprint density at radius 3 is 2.97 bits per heavy atom. The van der Waals surface area contributed by atoms with Gasteiger partial charge in [0.25, 0.3) is 5.91 Å². The second-order valence-corrected chi connectivity index (χ2v) is 7.41. The molecule has 0 aliphatic carbocycles. The summed E-state index contributed by atoms with van der Waals surface area (Å²) in [5, 5.41) is 7.13. The lowest BCUT2D eigenvalue weighted by molar-refractivity contribution is 0.0940. The largest absolute Gasteiger partial charge is 0.349 e. The number of nitrogens with zero attached hydrogens (tertiary/aromatic N) is 4. The van der Waals surface area contributed by atoms with E-state index in [2.05, 4.69) is 15.4 Å². The zero-order chi connectivity index (χ0) is 20.5. The van der Waals surface area contributed by atoms with E-state index in [0.29, 0.717) is 35.6 Å². The van der Waals surface area contributed by atoms with Crippen LogP contribution in [0.4, 0.5) is 14.6 Å². The Kier molecular flexibility index (Phi) is 5.17. The lowest BCUT2D eigenvalue weighted by Crippen LogP contribution is -2.32. The minimum Gasteiger partial charge on any atom is -0.349 e. The second-order valence-electron chi connectivity index (χ2n) is 7.41. The van der Waals surface area contributed by atoms with Crippen molar-refractivity contribution in [1.82, 2.24) is 19.9 Å². The lowest BCUT2D eigenvalue weighted by atomic mass is 10.0. The van der Waals surface area contributed by atoms with Gasteiger partial charge in [-0.05, 0) is 50.5 Å². The molecule has 3 aromatic rings. The van der Waals surface area contributed by atoms with Crippen LogP contribution in [0.25, 0.3) is 5.65 Å². The number of halogens is 2. The van der Waals surface area contributed by atoms with Crippen molar-refractivity contribution in [3.8, 4) is 0 Å². The molecular weight excluding hydrogens is 376 g/mol. The molecule has 0 unspecified atom stereocenters. The van der Waals surface area contributed by atoms with Crippen LogP contribution in [0.5, 0.6) is 0 Å². The van der Waals surface area contributed by atoms with E-state index < -0.39 is 11.6 Å². The van der Waals surface area contributed by atoms with Crippen molar-refractivity contribution in [3.05, 3.63) is 59.4 Å².